The first-order valence-electron chi connectivity index (χ1n) is 12.7. The highest BCUT2D eigenvalue weighted by Gasteiger charge is 2.34. The van der Waals surface area contributed by atoms with Crippen LogP contribution in [-0.4, -0.2) is 61.0 Å². The van der Waals surface area contributed by atoms with Gasteiger partial charge in [0.05, 0.1) is 13.1 Å². The third-order valence-corrected chi connectivity index (χ3v) is 6.48. The van der Waals surface area contributed by atoms with Gasteiger partial charge in [-0.1, -0.05) is 31.9 Å². The SMILES string of the molecule is CCCC/C=C1/C(C2CC2)NCCCc2cccnc2CCCNC(=O)CNC(=O)CN1C. The number of hydrogen-bond donors (Lipinski definition) is 3. The van der Waals surface area contributed by atoms with Gasteiger partial charge in [-0.2, -0.15) is 0 Å². The minimum atomic E-state index is -0.149. The second-order valence-electron chi connectivity index (χ2n) is 9.34. The monoisotopic (exact) mass is 455 g/mol. The largest absolute Gasteiger partial charge is 0.368 e. The summed E-state index contributed by atoms with van der Waals surface area (Å²) < 4.78 is 0. The summed E-state index contributed by atoms with van der Waals surface area (Å²) in [6.45, 7) is 4.00. The fourth-order valence-electron chi connectivity index (χ4n) is 4.46. The van der Waals surface area contributed by atoms with E-state index in [1.54, 1.807) is 0 Å². The van der Waals surface area contributed by atoms with E-state index in [0.717, 1.165) is 57.2 Å². The number of unbranched alkanes of at least 4 members (excludes halogenated alkanes) is 2. The maximum absolute atomic E-state index is 12.5. The predicted octanol–water partition coefficient (Wildman–Crippen LogP) is 2.57. The van der Waals surface area contributed by atoms with Crippen LogP contribution in [0.1, 0.15) is 63.1 Å². The van der Waals surface area contributed by atoms with Crippen LogP contribution in [0, 0.1) is 5.92 Å². The standard InChI is InChI=1S/C26H41N5O2/c1-3-4-5-12-23-26(21-13-14-21)29-17-7-10-20-9-6-15-27-22(20)11-8-16-28-24(32)18-30-25(33)19-31(23)2/h6,9,12,15,21,26,29H,3-5,7-8,10-11,13-14,16-19H2,1-2H3,(H,28,32)(H,30,33)/b23-12-. The summed E-state index contributed by atoms with van der Waals surface area (Å²) in [5.74, 6) is 0.362. The molecule has 1 fully saturated rings. The van der Waals surface area contributed by atoms with Gasteiger partial charge >= 0.3 is 0 Å². The number of likely N-dealkylation sites (N-methyl/N-ethyl adjacent to an activating group) is 1. The number of aryl methyl sites for hydroxylation is 2. The van der Waals surface area contributed by atoms with Crippen molar-refractivity contribution in [1.29, 1.82) is 0 Å². The first-order chi connectivity index (χ1) is 16.1. The first-order valence-corrected chi connectivity index (χ1v) is 12.7. The number of allylic oxidation sites excluding steroid dienone is 1. The molecule has 0 spiro atoms. The molecule has 1 atom stereocenters. The Morgan fingerprint density at radius 2 is 1.94 bits per heavy atom. The van der Waals surface area contributed by atoms with Gasteiger partial charge < -0.3 is 20.9 Å². The minimum Gasteiger partial charge on any atom is -0.368 e. The van der Waals surface area contributed by atoms with Gasteiger partial charge in [-0.3, -0.25) is 14.6 Å². The van der Waals surface area contributed by atoms with Crippen LogP contribution in [0.3, 0.4) is 0 Å². The van der Waals surface area contributed by atoms with Crippen LogP contribution in [0.5, 0.6) is 0 Å². The molecule has 2 heterocycles. The smallest absolute Gasteiger partial charge is 0.239 e. The van der Waals surface area contributed by atoms with Gasteiger partial charge in [0.2, 0.25) is 11.8 Å². The van der Waals surface area contributed by atoms with Crippen molar-refractivity contribution >= 4 is 11.8 Å². The lowest BCUT2D eigenvalue weighted by Gasteiger charge is -2.30. The van der Waals surface area contributed by atoms with E-state index in [0.29, 0.717) is 12.5 Å². The molecule has 3 N–H and O–H groups in total. The van der Waals surface area contributed by atoms with Crippen molar-refractivity contribution in [2.75, 3.05) is 33.2 Å². The molecule has 3 rings (SSSR count). The van der Waals surface area contributed by atoms with E-state index in [1.165, 1.54) is 24.1 Å². The van der Waals surface area contributed by atoms with Crippen molar-refractivity contribution in [3.63, 3.8) is 0 Å². The quantitative estimate of drug-likeness (QED) is 0.608. The number of carbonyl (C=O) groups is 2. The molecule has 0 saturated heterocycles. The number of aromatic nitrogens is 1. The van der Waals surface area contributed by atoms with Crippen LogP contribution in [0.2, 0.25) is 0 Å². The molecule has 2 amide bonds. The van der Waals surface area contributed by atoms with E-state index < -0.39 is 0 Å². The number of amides is 2. The van der Waals surface area contributed by atoms with Crippen LogP contribution in [0.15, 0.2) is 30.1 Å². The van der Waals surface area contributed by atoms with E-state index >= 15 is 0 Å². The maximum Gasteiger partial charge on any atom is 0.239 e. The molecule has 33 heavy (non-hydrogen) atoms. The fourth-order valence-corrected chi connectivity index (χ4v) is 4.46. The number of pyridine rings is 1. The van der Waals surface area contributed by atoms with Crippen molar-refractivity contribution in [2.24, 2.45) is 5.92 Å². The van der Waals surface area contributed by atoms with E-state index in [1.807, 2.05) is 19.3 Å². The lowest BCUT2D eigenvalue weighted by atomic mass is 10.0. The Morgan fingerprint density at radius 3 is 2.73 bits per heavy atom. The minimum absolute atomic E-state index is 0.0146. The first kappa shape index (κ1) is 25.2. The average molecular weight is 456 g/mol. The Labute approximate surface area is 198 Å². The molecular weight excluding hydrogens is 414 g/mol. The van der Waals surface area contributed by atoms with Crippen LogP contribution in [0.25, 0.3) is 0 Å². The zero-order valence-electron chi connectivity index (χ0n) is 20.4. The second kappa shape index (κ2) is 13.3. The van der Waals surface area contributed by atoms with Crippen LogP contribution in [-0.2, 0) is 22.4 Å². The van der Waals surface area contributed by atoms with Gasteiger partial charge in [0.15, 0.2) is 0 Å². The molecule has 0 aromatic carbocycles. The number of nitrogens with one attached hydrogen (secondary N) is 3. The molecule has 1 saturated carbocycles. The summed E-state index contributed by atoms with van der Waals surface area (Å²) >= 11 is 0. The van der Waals surface area contributed by atoms with Crippen molar-refractivity contribution in [2.45, 2.75) is 70.8 Å². The van der Waals surface area contributed by atoms with Gasteiger partial charge in [-0.25, -0.2) is 0 Å². The van der Waals surface area contributed by atoms with Gasteiger partial charge in [0, 0.05) is 37.2 Å². The zero-order valence-corrected chi connectivity index (χ0v) is 20.4. The molecule has 1 aliphatic heterocycles. The van der Waals surface area contributed by atoms with Crippen molar-refractivity contribution in [3.05, 3.63) is 41.4 Å². The van der Waals surface area contributed by atoms with Crippen LogP contribution in [0.4, 0.5) is 0 Å². The molecule has 7 nitrogen and oxygen atoms in total. The summed E-state index contributed by atoms with van der Waals surface area (Å²) in [4.78, 5) is 31.4. The normalized spacial score (nSPS) is 23.3. The number of carbonyl (C=O) groups excluding carboxylic acids is 2. The molecule has 2 aliphatic rings. The summed E-state index contributed by atoms with van der Waals surface area (Å²) in [6, 6.07) is 4.46. The molecule has 0 bridgehead atoms. The van der Waals surface area contributed by atoms with Crippen molar-refractivity contribution in [3.8, 4) is 0 Å². The Bertz CT molecular complexity index is 806. The van der Waals surface area contributed by atoms with Crippen LogP contribution < -0.4 is 16.0 Å². The zero-order chi connectivity index (χ0) is 23.5. The Morgan fingerprint density at radius 1 is 1.12 bits per heavy atom. The molecule has 182 valence electrons. The lowest BCUT2D eigenvalue weighted by Crippen LogP contribution is -2.45. The third-order valence-electron chi connectivity index (χ3n) is 6.48. The fraction of sp³-hybridized carbons (Fsp3) is 0.654. The Kier molecular flexibility index (Phi) is 10.2. The van der Waals surface area contributed by atoms with E-state index in [9.17, 15) is 9.59 Å². The maximum atomic E-state index is 12.5. The molecular formula is C26H41N5O2. The van der Waals surface area contributed by atoms with Crippen LogP contribution >= 0.6 is 0 Å². The number of hydrogen-bond acceptors (Lipinski definition) is 5. The summed E-state index contributed by atoms with van der Waals surface area (Å²) in [5, 5.41) is 9.50. The molecule has 7 heteroatoms. The van der Waals surface area contributed by atoms with E-state index in [2.05, 4.69) is 44.9 Å². The third kappa shape index (κ3) is 8.46. The molecule has 1 aliphatic carbocycles. The summed E-state index contributed by atoms with van der Waals surface area (Å²) in [6.07, 6.45) is 13.7. The predicted molar refractivity (Wildman–Crippen MR) is 132 cm³/mol. The molecule has 1 unspecified atom stereocenters. The lowest BCUT2D eigenvalue weighted by molar-refractivity contribution is -0.126. The topological polar surface area (TPSA) is 86.4 Å². The summed E-state index contributed by atoms with van der Waals surface area (Å²) in [7, 11) is 1.99. The molecule has 1 aromatic rings. The van der Waals surface area contributed by atoms with E-state index in [-0.39, 0.29) is 30.9 Å². The highest BCUT2D eigenvalue weighted by molar-refractivity contribution is 5.85. The van der Waals surface area contributed by atoms with Crippen molar-refractivity contribution in [1.82, 2.24) is 25.8 Å². The highest BCUT2D eigenvalue weighted by Crippen LogP contribution is 2.36. The van der Waals surface area contributed by atoms with Gasteiger partial charge in [0.25, 0.3) is 0 Å². The highest BCUT2D eigenvalue weighted by atomic mass is 16.2. The van der Waals surface area contributed by atoms with Gasteiger partial charge in [0.1, 0.15) is 0 Å². The number of rotatable bonds is 4. The van der Waals surface area contributed by atoms with Crippen molar-refractivity contribution < 1.29 is 9.59 Å². The Balaban J connectivity index is 1.74. The number of nitrogens with zero attached hydrogens (tertiary/aromatic N) is 2. The number of fused-ring (bicyclic) bond motifs is 1. The Hall–Kier alpha value is -2.41. The van der Waals surface area contributed by atoms with E-state index in [4.69, 9.17) is 0 Å². The van der Waals surface area contributed by atoms with Gasteiger partial charge in [-0.05, 0) is 69.0 Å². The molecule has 0 radical (unpaired) electrons. The average Bonchev–Trinajstić information content (AvgIpc) is 3.64. The second-order valence-corrected chi connectivity index (χ2v) is 9.34. The van der Waals surface area contributed by atoms with Gasteiger partial charge in [-0.15, -0.1) is 0 Å². The molecule has 1 aromatic heterocycles. The summed E-state index contributed by atoms with van der Waals surface area (Å²) in [5.41, 5.74) is 3.64.